The first kappa shape index (κ1) is 20.0. The minimum Gasteiger partial charge on any atom is -0.508 e. The summed E-state index contributed by atoms with van der Waals surface area (Å²) >= 11 is 0. The van der Waals surface area contributed by atoms with Crippen molar-refractivity contribution < 1.29 is 19.4 Å². The second kappa shape index (κ2) is 8.62. The molecular weight excluding hydrogens is 397 g/mol. The molecule has 0 bridgehead atoms. The van der Waals surface area contributed by atoms with E-state index in [4.69, 9.17) is 0 Å². The van der Waals surface area contributed by atoms with Crippen molar-refractivity contribution in [1.29, 1.82) is 0 Å². The number of nitrogens with one attached hydrogen (secondary N) is 1. The van der Waals surface area contributed by atoms with Gasteiger partial charge in [-0.05, 0) is 66.2 Å². The summed E-state index contributed by atoms with van der Waals surface area (Å²) < 4.78 is 13.1. The Bertz CT molecular complexity index is 1210. The van der Waals surface area contributed by atoms with E-state index in [-0.39, 0.29) is 35.5 Å². The Labute approximate surface area is 177 Å². The highest BCUT2D eigenvalue weighted by atomic mass is 19.1. The number of hydrogen-bond acceptors (Lipinski definition) is 5. The van der Waals surface area contributed by atoms with Gasteiger partial charge in [-0.3, -0.25) is 4.79 Å². The monoisotopic (exact) mass is 415 g/mol. The SMILES string of the molecule is O=C(Cc1ccc(F)cc1)Nc1ncc(-c2ccc(O)cc2)nc1-c1ccc(O)cc1. The van der Waals surface area contributed by atoms with Crippen LogP contribution in [0.4, 0.5) is 10.2 Å². The van der Waals surface area contributed by atoms with Gasteiger partial charge in [0.1, 0.15) is 23.0 Å². The molecule has 1 amide bonds. The Balaban J connectivity index is 1.67. The topological polar surface area (TPSA) is 95.3 Å². The van der Waals surface area contributed by atoms with Gasteiger partial charge in [0.05, 0.1) is 18.3 Å². The van der Waals surface area contributed by atoms with E-state index in [2.05, 4.69) is 15.3 Å². The minimum absolute atomic E-state index is 0.0523. The van der Waals surface area contributed by atoms with Gasteiger partial charge in [0, 0.05) is 11.1 Å². The maximum absolute atomic E-state index is 13.1. The molecular formula is C24H18FN3O3. The fourth-order valence-corrected chi connectivity index (χ4v) is 3.04. The van der Waals surface area contributed by atoms with E-state index in [9.17, 15) is 19.4 Å². The van der Waals surface area contributed by atoms with Crippen molar-refractivity contribution in [3.05, 3.63) is 90.4 Å². The van der Waals surface area contributed by atoms with Crippen molar-refractivity contribution in [2.45, 2.75) is 6.42 Å². The zero-order valence-electron chi connectivity index (χ0n) is 16.3. The van der Waals surface area contributed by atoms with Crippen LogP contribution in [0.5, 0.6) is 11.5 Å². The van der Waals surface area contributed by atoms with Crippen molar-refractivity contribution in [1.82, 2.24) is 9.97 Å². The van der Waals surface area contributed by atoms with Crippen molar-refractivity contribution in [2.75, 3.05) is 5.32 Å². The zero-order chi connectivity index (χ0) is 21.8. The molecule has 4 rings (SSSR count). The Hall–Kier alpha value is -4.26. The molecule has 3 aromatic carbocycles. The lowest BCUT2D eigenvalue weighted by atomic mass is 10.1. The summed E-state index contributed by atoms with van der Waals surface area (Å²) in [5.74, 6) is -0.179. The van der Waals surface area contributed by atoms with E-state index in [1.165, 1.54) is 30.5 Å². The molecule has 0 unspecified atom stereocenters. The van der Waals surface area contributed by atoms with Gasteiger partial charge in [0.15, 0.2) is 5.82 Å². The second-order valence-corrected chi connectivity index (χ2v) is 6.90. The molecule has 0 saturated heterocycles. The van der Waals surface area contributed by atoms with E-state index in [1.54, 1.807) is 48.5 Å². The quantitative estimate of drug-likeness (QED) is 0.445. The molecule has 7 heteroatoms. The lowest BCUT2D eigenvalue weighted by molar-refractivity contribution is -0.115. The highest BCUT2D eigenvalue weighted by Crippen LogP contribution is 2.29. The molecule has 154 valence electrons. The van der Waals surface area contributed by atoms with Gasteiger partial charge in [-0.1, -0.05) is 12.1 Å². The van der Waals surface area contributed by atoms with E-state index in [0.29, 0.717) is 22.5 Å². The first-order valence-corrected chi connectivity index (χ1v) is 9.48. The predicted molar refractivity (Wildman–Crippen MR) is 115 cm³/mol. The summed E-state index contributed by atoms with van der Waals surface area (Å²) in [4.78, 5) is 21.6. The van der Waals surface area contributed by atoms with Gasteiger partial charge in [-0.25, -0.2) is 14.4 Å². The van der Waals surface area contributed by atoms with Crippen LogP contribution in [0.15, 0.2) is 79.0 Å². The molecule has 0 aliphatic carbocycles. The van der Waals surface area contributed by atoms with Crippen LogP contribution < -0.4 is 5.32 Å². The minimum atomic E-state index is -0.366. The molecule has 6 nitrogen and oxygen atoms in total. The molecule has 1 heterocycles. The van der Waals surface area contributed by atoms with Crippen LogP contribution >= 0.6 is 0 Å². The summed E-state index contributed by atoms with van der Waals surface area (Å²) in [5, 5.41) is 21.9. The third-order valence-corrected chi connectivity index (χ3v) is 4.61. The summed E-state index contributed by atoms with van der Waals surface area (Å²) in [6, 6.07) is 18.6. The number of benzene rings is 3. The van der Waals surface area contributed by atoms with Crippen molar-refractivity contribution in [3.63, 3.8) is 0 Å². The molecule has 0 aliphatic heterocycles. The maximum Gasteiger partial charge on any atom is 0.230 e. The molecule has 0 saturated carbocycles. The van der Waals surface area contributed by atoms with E-state index in [1.807, 2.05) is 0 Å². The highest BCUT2D eigenvalue weighted by Gasteiger charge is 2.15. The van der Waals surface area contributed by atoms with Crippen LogP contribution in [0.1, 0.15) is 5.56 Å². The number of amides is 1. The summed E-state index contributed by atoms with van der Waals surface area (Å²) in [5.41, 5.74) is 3.05. The van der Waals surface area contributed by atoms with Crippen LogP contribution in [0.2, 0.25) is 0 Å². The Morgan fingerprint density at radius 2 is 1.42 bits per heavy atom. The number of carbonyl (C=O) groups is 1. The van der Waals surface area contributed by atoms with Crippen molar-refractivity contribution in [2.24, 2.45) is 0 Å². The lowest BCUT2D eigenvalue weighted by Gasteiger charge is -2.12. The summed E-state index contributed by atoms with van der Waals surface area (Å²) in [6.45, 7) is 0. The fraction of sp³-hybridized carbons (Fsp3) is 0.0417. The number of halogens is 1. The number of hydrogen-bond donors (Lipinski definition) is 3. The summed E-state index contributed by atoms with van der Waals surface area (Å²) in [7, 11) is 0. The Morgan fingerprint density at radius 3 is 2.03 bits per heavy atom. The molecule has 0 radical (unpaired) electrons. The molecule has 0 atom stereocenters. The molecule has 4 aromatic rings. The standard InChI is InChI=1S/C24H18FN3O3/c25-18-7-1-15(2-8-18)13-22(31)28-24-23(17-5-11-20(30)12-6-17)27-21(14-26-24)16-3-9-19(29)10-4-16/h1-12,14,29-30H,13H2,(H,26,28,31). The number of nitrogens with zero attached hydrogens (tertiary/aromatic N) is 2. The normalized spacial score (nSPS) is 10.6. The number of aromatic nitrogens is 2. The van der Waals surface area contributed by atoms with Gasteiger partial charge in [0.25, 0.3) is 0 Å². The lowest BCUT2D eigenvalue weighted by Crippen LogP contribution is -2.16. The molecule has 0 aliphatic rings. The fourth-order valence-electron chi connectivity index (χ4n) is 3.04. The third-order valence-electron chi connectivity index (χ3n) is 4.61. The molecule has 1 aromatic heterocycles. The number of rotatable bonds is 5. The number of carbonyl (C=O) groups excluding carboxylic acids is 1. The van der Waals surface area contributed by atoms with Gasteiger partial charge >= 0.3 is 0 Å². The van der Waals surface area contributed by atoms with E-state index in [0.717, 1.165) is 5.56 Å². The van der Waals surface area contributed by atoms with Crippen LogP contribution in [0.3, 0.4) is 0 Å². The first-order valence-electron chi connectivity index (χ1n) is 9.48. The van der Waals surface area contributed by atoms with E-state index >= 15 is 0 Å². The molecule has 31 heavy (non-hydrogen) atoms. The average molecular weight is 415 g/mol. The van der Waals surface area contributed by atoms with Gasteiger partial charge in [-0.2, -0.15) is 0 Å². The van der Waals surface area contributed by atoms with Gasteiger partial charge in [0.2, 0.25) is 5.91 Å². The van der Waals surface area contributed by atoms with Crippen LogP contribution in [-0.4, -0.2) is 26.1 Å². The maximum atomic E-state index is 13.1. The Morgan fingerprint density at radius 1 is 0.839 bits per heavy atom. The molecule has 3 N–H and O–H groups in total. The molecule has 0 fully saturated rings. The van der Waals surface area contributed by atoms with Crippen molar-refractivity contribution in [3.8, 4) is 34.0 Å². The summed E-state index contributed by atoms with van der Waals surface area (Å²) in [6.07, 6.45) is 1.58. The second-order valence-electron chi connectivity index (χ2n) is 6.90. The number of phenolic OH excluding ortho intramolecular Hbond substituents is 2. The van der Waals surface area contributed by atoms with Crippen LogP contribution in [0, 0.1) is 5.82 Å². The third kappa shape index (κ3) is 4.84. The Kier molecular flexibility index (Phi) is 5.57. The van der Waals surface area contributed by atoms with Crippen LogP contribution in [-0.2, 0) is 11.2 Å². The average Bonchev–Trinajstić information content (AvgIpc) is 2.77. The number of aromatic hydroxyl groups is 2. The van der Waals surface area contributed by atoms with E-state index < -0.39 is 0 Å². The number of phenols is 2. The largest absolute Gasteiger partial charge is 0.508 e. The first-order chi connectivity index (χ1) is 15.0. The molecule has 0 spiro atoms. The predicted octanol–water partition coefficient (Wildman–Crippen LogP) is 4.54. The zero-order valence-corrected chi connectivity index (χ0v) is 16.3. The van der Waals surface area contributed by atoms with Gasteiger partial charge < -0.3 is 15.5 Å². The van der Waals surface area contributed by atoms with Crippen LogP contribution in [0.25, 0.3) is 22.5 Å². The van der Waals surface area contributed by atoms with Gasteiger partial charge in [-0.15, -0.1) is 0 Å². The van der Waals surface area contributed by atoms with Crippen molar-refractivity contribution >= 4 is 11.7 Å². The highest BCUT2D eigenvalue weighted by molar-refractivity contribution is 5.94. The number of anilines is 1. The smallest absolute Gasteiger partial charge is 0.230 e.